The zero-order chi connectivity index (χ0) is 16.0. The van der Waals surface area contributed by atoms with Crippen molar-refractivity contribution in [3.8, 4) is 17.4 Å². The Balaban J connectivity index is 1.71. The Kier molecular flexibility index (Phi) is 3.00. The van der Waals surface area contributed by atoms with Crippen LogP contribution in [0.1, 0.15) is 24.8 Å². The Morgan fingerprint density at radius 2 is 2.22 bits per heavy atom. The number of aromatic nitrogens is 4. The summed E-state index contributed by atoms with van der Waals surface area (Å²) in [6.07, 6.45) is 3.49. The number of carbonyl (C=O) groups excluding carboxylic acids is 1. The highest BCUT2D eigenvalue weighted by atomic mass is 16.5. The van der Waals surface area contributed by atoms with Gasteiger partial charge in [-0.3, -0.25) is 9.48 Å². The van der Waals surface area contributed by atoms with E-state index < -0.39 is 0 Å². The molecule has 1 atom stereocenters. The third kappa shape index (κ3) is 2.30. The Bertz CT molecular complexity index is 919. The van der Waals surface area contributed by atoms with Crippen LogP contribution in [0.5, 0.6) is 17.4 Å². The first-order valence-electron chi connectivity index (χ1n) is 7.27. The van der Waals surface area contributed by atoms with Gasteiger partial charge in [0.1, 0.15) is 23.2 Å². The normalized spacial score (nSPS) is 17.0. The summed E-state index contributed by atoms with van der Waals surface area (Å²) < 4.78 is 12.8. The van der Waals surface area contributed by atoms with Gasteiger partial charge in [0, 0.05) is 13.1 Å². The predicted molar refractivity (Wildman–Crippen MR) is 81.5 cm³/mol. The van der Waals surface area contributed by atoms with Gasteiger partial charge in [0.25, 0.3) is 0 Å². The monoisotopic (exact) mass is 310 g/mol. The number of ether oxygens (including phenoxy) is 2. The van der Waals surface area contributed by atoms with Gasteiger partial charge >= 0.3 is 5.97 Å². The number of benzene rings is 1. The lowest BCUT2D eigenvalue weighted by atomic mass is 9.95. The molecule has 0 aliphatic carbocycles. The summed E-state index contributed by atoms with van der Waals surface area (Å²) in [6, 6.07) is 5.48. The van der Waals surface area contributed by atoms with Crippen LogP contribution in [0.4, 0.5) is 0 Å². The molecule has 0 spiro atoms. The fourth-order valence-electron chi connectivity index (χ4n) is 2.73. The summed E-state index contributed by atoms with van der Waals surface area (Å²) in [5.41, 5.74) is 1.69. The molecule has 3 heterocycles. The first-order valence-corrected chi connectivity index (χ1v) is 7.27. The molecule has 2 aromatic heterocycles. The van der Waals surface area contributed by atoms with Crippen LogP contribution in [0.2, 0.25) is 0 Å². The maximum absolute atomic E-state index is 11.6. The lowest BCUT2D eigenvalue weighted by Gasteiger charge is -2.21. The number of hydrogen-bond acceptors (Lipinski definition) is 6. The standard InChI is InChI=1S/C16H14N4O3/c1-9-5-14(21)23-13-6-10(3-4-11(9)13)22-16-12-7-19-20(2)15(12)17-8-18-16/h3-4,6-9H,5H2,1-2H3. The van der Waals surface area contributed by atoms with Crippen molar-refractivity contribution in [1.82, 2.24) is 19.7 Å². The predicted octanol–water partition coefficient (Wildman–Crippen LogP) is 2.57. The molecule has 0 radical (unpaired) electrons. The Hall–Kier alpha value is -2.96. The molecule has 4 rings (SSSR count). The Labute approximate surface area is 131 Å². The van der Waals surface area contributed by atoms with E-state index in [-0.39, 0.29) is 11.9 Å². The smallest absolute Gasteiger partial charge is 0.311 e. The SMILES string of the molecule is CC1CC(=O)Oc2cc(Oc3ncnc4c3cnn4C)ccc21. The zero-order valence-corrected chi connectivity index (χ0v) is 12.7. The van der Waals surface area contributed by atoms with E-state index in [1.807, 2.05) is 19.1 Å². The highest BCUT2D eigenvalue weighted by molar-refractivity contribution is 5.80. The van der Waals surface area contributed by atoms with E-state index in [2.05, 4.69) is 15.1 Å². The molecule has 1 aromatic carbocycles. The highest BCUT2D eigenvalue weighted by Gasteiger charge is 2.24. The van der Waals surface area contributed by atoms with Gasteiger partial charge in [0.05, 0.1) is 12.6 Å². The second-order valence-electron chi connectivity index (χ2n) is 5.57. The van der Waals surface area contributed by atoms with E-state index in [1.165, 1.54) is 6.33 Å². The molecule has 0 bridgehead atoms. The van der Waals surface area contributed by atoms with E-state index in [0.717, 1.165) is 10.9 Å². The van der Waals surface area contributed by atoms with Gasteiger partial charge in [-0.05, 0) is 17.5 Å². The van der Waals surface area contributed by atoms with E-state index in [1.54, 1.807) is 24.0 Å². The van der Waals surface area contributed by atoms with Gasteiger partial charge in [-0.15, -0.1) is 0 Å². The number of nitrogens with zero attached hydrogens (tertiary/aromatic N) is 4. The zero-order valence-electron chi connectivity index (χ0n) is 12.7. The van der Waals surface area contributed by atoms with Crippen LogP contribution >= 0.6 is 0 Å². The molecule has 7 heteroatoms. The first kappa shape index (κ1) is 13.7. The molecule has 116 valence electrons. The fraction of sp³-hybridized carbons (Fsp3) is 0.250. The molecule has 0 amide bonds. The van der Waals surface area contributed by atoms with Crippen LogP contribution < -0.4 is 9.47 Å². The van der Waals surface area contributed by atoms with E-state index in [0.29, 0.717) is 29.4 Å². The number of hydrogen-bond donors (Lipinski definition) is 0. The van der Waals surface area contributed by atoms with Crippen LogP contribution in [-0.2, 0) is 11.8 Å². The van der Waals surface area contributed by atoms with Gasteiger partial charge in [0.15, 0.2) is 5.65 Å². The van der Waals surface area contributed by atoms with Crippen molar-refractivity contribution in [2.24, 2.45) is 7.05 Å². The van der Waals surface area contributed by atoms with Crippen molar-refractivity contribution >= 4 is 17.0 Å². The van der Waals surface area contributed by atoms with Crippen molar-refractivity contribution in [2.45, 2.75) is 19.3 Å². The highest BCUT2D eigenvalue weighted by Crippen LogP contribution is 2.37. The van der Waals surface area contributed by atoms with E-state index in [4.69, 9.17) is 9.47 Å². The molecule has 1 unspecified atom stereocenters. The second kappa shape index (κ2) is 5.05. The minimum Gasteiger partial charge on any atom is -0.438 e. The van der Waals surface area contributed by atoms with Crippen molar-refractivity contribution in [3.63, 3.8) is 0 Å². The molecule has 23 heavy (non-hydrogen) atoms. The molecule has 0 fully saturated rings. The lowest BCUT2D eigenvalue weighted by Crippen LogP contribution is -2.18. The third-order valence-corrected chi connectivity index (χ3v) is 3.92. The van der Waals surface area contributed by atoms with Crippen molar-refractivity contribution in [1.29, 1.82) is 0 Å². The molecule has 7 nitrogen and oxygen atoms in total. The van der Waals surface area contributed by atoms with Crippen molar-refractivity contribution in [2.75, 3.05) is 0 Å². The van der Waals surface area contributed by atoms with Crippen LogP contribution in [0, 0.1) is 0 Å². The Morgan fingerprint density at radius 1 is 1.35 bits per heavy atom. The van der Waals surface area contributed by atoms with Gasteiger partial charge < -0.3 is 9.47 Å². The van der Waals surface area contributed by atoms with Gasteiger partial charge in [0.2, 0.25) is 5.88 Å². The minimum atomic E-state index is -0.223. The molecule has 0 N–H and O–H groups in total. The Morgan fingerprint density at radius 3 is 3.09 bits per heavy atom. The number of esters is 1. The molecule has 3 aromatic rings. The number of rotatable bonds is 2. The van der Waals surface area contributed by atoms with Gasteiger partial charge in [-0.1, -0.05) is 13.0 Å². The summed E-state index contributed by atoms with van der Waals surface area (Å²) >= 11 is 0. The topological polar surface area (TPSA) is 79.1 Å². The van der Waals surface area contributed by atoms with Crippen LogP contribution in [0.15, 0.2) is 30.7 Å². The third-order valence-electron chi connectivity index (χ3n) is 3.92. The summed E-state index contributed by atoms with van der Waals surface area (Å²) in [5.74, 6) is 1.43. The maximum atomic E-state index is 11.6. The molecular formula is C16H14N4O3. The van der Waals surface area contributed by atoms with Crippen molar-refractivity contribution < 1.29 is 14.3 Å². The molecule has 0 saturated carbocycles. The van der Waals surface area contributed by atoms with Crippen LogP contribution in [0.25, 0.3) is 11.0 Å². The summed E-state index contributed by atoms with van der Waals surface area (Å²) in [5, 5.41) is 4.87. The van der Waals surface area contributed by atoms with Crippen LogP contribution in [0.3, 0.4) is 0 Å². The molecule has 1 aliphatic heterocycles. The van der Waals surface area contributed by atoms with E-state index in [9.17, 15) is 4.79 Å². The maximum Gasteiger partial charge on any atom is 0.311 e. The number of aryl methyl sites for hydroxylation is 1. The van der Waals surface area contributed by atoms with Gasteiger partial charge in [-0.2, -0.15) is 5.10 Å². The minimum absolute atomic E-state index is 0.143. The quantitative estimate of drug-likeness (QED) is 0.534. The molecule has 1 aliphatic rings. The largest absolute Gasteiger partial charge is 0.438 e. The molecular weight excluding hydrogens is 296 g/mol. The fourth-order valence-corrected chi connectivity index (χ4v) is 2.73. The van der Waals surface area contributed by atoms with Crippen molar-refractivity contribution in [3.05, 3.63) is 36.3 Å². The summed E-state index contributed by atoms with van der Waals surface area (Å²) in [6.45, 7) is 2.00. The van der Waals surface area contributed by atoms with E-state index >= 15 is 0 Å². The average Bonchev–Trinajstić information content (AvgIpc) is 2.89. The summed E-state index contributed by atoms with van der Waals surface area (Å²) in [4.78, 5) is 19.9. The second-order valence-corrected chi connectivity index (χ2v) is 5.57. The first-order chi connectivity index (χ1) is 11.1. The summed E-state index contributed by atoms with van der Waals surface area (Å²) in [7, 11) is 1.80. The molecule has 0 saturated heterocycles. The van der Waals surface area contributed by atoms with Crippen LogP contribution in [-0.4, -0.2) is 25.7 Å². The lowest BCUT2D eigenvalue weighted by molar-refractivity contribution is -0.135. The number of carbonyl (C=O) groups is 1. The average molecular weight is 310 g/mol. The number of fused-ring (bicyclic) bond motifs is 2. The van der Waals surface area contributed by atoms with Gasteiger partial charge in [-0.25, -0.2) is 9.97 Å².